The first-order chi connectivity index (χ1) is 6.84. The highest BCUT2D eigenvalue weighted by Gasteiger charge is 2.47. The van der Waals surface area contributed by atoms with Crippen molar-refractivity contribution in [2.45, 2.75) is 38.8 Å². The third-order valence-corrected chi connectivity index (χ3v) is 4.86. The Kier molecular flexibility index (Phi) is 2.14. The lowest BCUT2D eigenvalue weighted by atomic mass is 10.1. The molecule has 1 N–H and O–H groups in total. The number of hydrogen-bond acceptors (Lipinski definition) is 2. The molecule has 14 heavy (non-hydrogen) atoms. The molecule has 2 aliphatic rings. The molecule has 3 atom stereocenters. The van der Waals surface area contributed by atoms with Gasteiger partial charge in [-0.05, 0) is 55.0 Å². The van der Waals surface area contributed by atoms with Crippen LogP contribution in [-0.2, 0) is 6.54 Å². The van der Waals surface area contributed by atoms with Gasteiger partial charge >= 0.3 is 0 Å². The number of hydrogen-bond donors (Lipinski definition) is 1. The molecule has 1 aromatic rings. The molecule has 0 radical (unpaired) electrons. The van der Waals surface area contributed by atoms with E-state index in [0.29, 0.717) is 0 Å². The summed E-state index contributed by atoms with van der Waals surface area (Å²) in [5, 5.41) is 5.92. The molecule has 0 saturated heterocycles. The van der Waals surface area contributed by atoms with Gasteiger partial charge in [0.05, 0.1) is 0 Å². The molecule has 1 aromatic heterocycles. The maximum absolute atomic E-state index is 3.73. The second kappa shape index (κ2) is 3.35. The molecule has 1 unspecified atom stereocenters. The average Bonchev–Trinajstić information content (AvgIpc) is 2.68. The van der Waals surface area contributed by atoms with Crippen molar-refractivity contribution in [3.05, 3.63) is 21.9 Å². The van der Waals surface area contributed by atoms with Crippen LogP contribution < -0.4 is 5.32 Å². The van der Waals surface area contributed by atoms with Crippen molar-refractivity contribution in [1.82, 2.24) is 5.32 Å². The number of nitrogens with one attached hydrogen (secondary N) is 1. The van der Waals surface area contributed by atoms with Crippen LogP contribution in [0.5, 0.6) is 0 Å². The molecule has 1 nitrogen and oxygen atoms in total. The van der Waals surface area contributed by atoms with E-state index in [4.69, 9.17) is 0 Å². The minimum absolute atomic E-state index is 0.835. The van der Waals surface area contributed by atoms with Gasteiger partial charge < -0.3 is 5.32 Å². The van der Waals surface area contributed by atoms with Crippen molar-refractivity contribution < 1.29 is 0 Å². The molecule has 2 saturated carbocycles. The molecule has 0 aliphatic heterocycles. The number of thiophene rings is 1. The predicted octanol–water partition coefficient (Wildman–Crippen LogP) is 2.94. The third-order valence-electron chi connectivity index (χ3n) is 3.84. The molecule has 0 amide bonds. The van der Waals surface area contributed by atoms with E-state index in [9.17, 15) is 0 Å². The summed E-state index contributed by atoms with van der Waals surface area (Å²) in [7, 11) is 0. The van der Waals surface area contributed by atoms with Gasteiger partial charge in [-0.3, -0.25) is 0 Å². The average molecular weight is 207 g/mol. The summed E-state index contributed by atoms with van der Waals surface area (Å²) >= 11 is 1.89. The van der Waals surface area contributed by atoms with E-state index in [1.54, 1.807) is 0 Å². The summed E-state index contributed by atoms with van der Waals surface area (Å²) < 4.78 is 0. The van der Waals surface area contributed by atoms with E-state index in [-0.39, 0.29) is 0 Å². The molecular formula is C12H17NS. The summed E-state index contributed by atoms with van der Waals surface area (Å²) in [4.78, 5) is 1.52. The normalized spacial score (nSPS) is 34.5. The van der Waals surface area contributed by atoms with E-state index < -0.39 is 0 Å². The monoisotopic (exact) mass is 207 g/mol. The Morgan fingerprint density at radius 2 is 2.43 bits per heavy atom. The van der Waals surface area contributed by atoms with Gasteiger partial charge in [-0.25, -0.2) is 0 Å². The summed E-state index contributed by atoms with van der Waals surface area (Å²) in [5.41, 5.74) is 1.45. The molecule has 1 heterocycles. The van der Waals surface area contributed by atoms with Crippen molar-refractivity contribution in [3.63, 3.8) is 0 Å². The fraction of sp³-hybridized carbons (Fsp3) is 0.667. The summed E-state index contributed by atoms with van der Waals surface area (Å²) in [6.07, 6.45) is 4.40. The Morgan fingerprint density at radius 1 is 1.50 bits per heavy atom. The fourth-order valence-corrected chi connectivity index (χ4v) is 3.62. The third kappa shape index (κ3) is 1.51. The lowest BCUT2D eigenvalue weighted by Crippen LogP contribution is -2.28. The Balaban J connectivity index is 1.56. The number of fused-ring (bicyclic) bond motifs is 1. The highest BCUT2D eigenvalue weighted by Crippen LogP contribution is 2.51. The topological polar surface area (TPSA) is 12.0 Å². The van der Waals surface area contributed by atoms with Gasteiger partial charge in [0.2, 0.25) is 0 Å². The van der Waals surface area contributed by atoms with Crippen molar-refractivity contribution in [2.75, 3.05) is 0 Å². The molecule has 2 aliphatic carbocycles. The first-order valence-electron chi connectivity index (χ1n) is 5.61. The maximum atomic E-state index is 3.73. The fourth-order valence-electron chi connectivity index (χ4n) is 2.77. The summed E-state index contributed by atoms with van der Waals surface area (Å²) in [5.74, 6) is 2.13. The smallest absolute Gasteiger partial charge is 0.0305 e. The molecule has 2 fully saturated rings. The maximum Gasteiger partial charge on any atom is 0.0305 e. The Bertz CT molecular complexity index is 331. The number of aryl methyl sites for hydroxylation is 1. The van der Waals surface area contributed by atoms with Crippen LogP contribution in [0.1, 0.15) is 29.7 Å². The second-order valence-corrected chi connectivity index (χ2v) is 5.75. The number of rotatable bonds is 3. The van der Waals surface area contributed by atoms with Gasteiger partial charge in [0.1, 0.15) is 0 Å². The second-order valence-electron chi connectivity index (χ2n) is 4.75. The molecule has 0 bridgehead atoms. The van der Waals surface area contributed by atoms with Crippen LogP contribution in [0.25, 0.3) is 0 Å². The Morgan fingerprint density at radius 3 is 3.00 bits per heavy atom. The van der Waals surface area contributed by atoms with E-state index in [1.165, 1.54) is 29.7 Å². The minimum atomic E-state index is 0.835. The molecule has 0 aromatic carbocycles. The Labute approximate surface area is 89.5 Å². The van der Waals surface area contributed by atoms with E-state index in [0.717, 1.165) is 24.4 Å². The van der Waals surface area contributed by atoms with Crippen LogP contribution in [0.4, 0.5) is 0 Å². The van der Waals surface area contributed by atoms with E-state index >= 15 is 0 Å². The summed E-state index contributed by atoms with van der Waals surface area (Å²) in [6.45, 7) is 3.31. The first kappa shape index (κ1) is 8.93. The van der Waals surface area contributed by atoms with Gasteiger partial charge in [-0.1, -0.05) is 0 Å². The van der Waals surface area contributed by atoms with Crippen molar-refractivity contribution in [3.8, 4) is 0 Å². The predicted molar refractivity (Wildman–Crippen MR) is 60.5 cm³/mol. The lowest BCUT2D eigenvalue weighted by Gasteiger charge is -2.13. The zero-order valence-corrected chi connectivity index (χ0v) is 9.44. The lowest BCUT2D eigenvalue weighted by molar-refractivity contribution is 0.476. The van der Waals surface area contributed by atoms with Crippen LogP contribution >= 0.6 is 11.3 Å². The van der Waals surface area contributed by atoms with Gasteiger partial charge in [-0.15, -0.1) is 11.3 Å². The SMILES string of the molecule is Cc1ccsc1CNC1CC[C@@H]2C[C@H]12. The molecule has 76 valence electrons. The van der Waals surface area contributed by atoms with Crippen molar-refractivity contribution >= 4 is 11.3 Å². The minimum Gasteiger partial charge on any atom is -0.309 e. The van der Waals surface area contributed by atoms with Crippen LogP contribution in [0.3, 0.4) is 0 Å². The van der Waals surface area contributed by atoms with Gasteiger partial charge in [-0.2, -0.15) is 0 Å². The molecular weight excluding hydrogens is 190 g/mol. The van der Waals surface area contributed by atoms with Gasteiger partial charge in [0, 0.05) is 17.5 Å². The largest absolute Gasteiger partial charge is 0.309 e. The van der Waals surface area contributed by atoms with E-state index in [2.05, 4.69) is 23.7 Å². The highest BCUT2D eigenvalue weighted by atomic mass is 32.1. The zero-order valence-electron chi connectivity index (χ0n) is 8.62. The van der Waals surface area contributed by atoms with Crippen molar-refractivity contribution in [2.24, 2.45) is 11.8 Å². The van der Waals surface area contributed by atoms with Crippen LogP contribution in [0, 0.1) is 18.8 Å². The van der Waals surface area contributed by atoms with Crippen LogP contribution in [0.2, 0.25) is 0 Å². The summed E-state index contributed by atoms with van der Waals surface area (Å²) in [6, 6.07) is 3.05. The van der Waals surface area contributed by atoms with Gasteiger partial charge in [0.25, 0.3) is 0 Å². The van der Waals surface area contributed by atoms with E-state index in [1.807, 2.05) is 11.3 Å². The molecule has 2 heteroatoms. The molecule has 0 spiro atoms. The molecule has 3 rings (SSSR count). The van der Waals surface area contributed by atoms with Crippen LogP contribution in [0.15, 0.2) is 11.4 Å². The van der Waals surface area contributed by atoms with Crippen molar-refractivity contribution in [1.29, 1.82) is 0 Å². The van der Waals surface area contributed by atoms with Gasteiger partial charge in [0.15, 0.2) is 0 Å². The Hall–Kier alpha value is -0.340. The highest BCUT2D eigenvalue weighted by molar-refractivity contribution is 7.10. The standard InChI is InChI=1S/C12H17NS/c1-8-4-5-14-12(8)7-13-11-3-2-9-6-10(9)11/h4-5,9-11,13H,2-3,6-7H2,1H3/t9-,10+,11?/m1/s1. The first-order valence-corrected chi connectivity index (χ1v) is 6.49. The van der Waals surface area contributed by atoms with Crippen LogP contribution in [-0.4, -0.2) is 6.04 Å². The zero-order chi connectivity index (χ0) is 9.54. The quantitative estimate of drug-likeness (QED) is 0.803.